The lowest BCUT2D eigenvalue weighted by Gasteiger charge is -2.13. The van der Waals surface area contributed by atoms with Gasteiger partial charge in [0.15, 0.2) is 6.61 Å². The van der Waals surface area contributed by atoms with Gasteiger partial charge in [0.25, 0.3) is 5.91 Å². The summed E-state index contributed by atoms with van der Waals surface area (Å²) in [6.45, 7) is -0.0513. The van der Waals surface area contributed by atoms with Gasteiger partial charge in [-0.1, -0.05) is 36.4 Å². The highest BCUT2D eigenvalue weighted by atomic mass is 16.5. The molecule has 5 nitrogen and oxygen atoms in total. The van der Waals surface area contributed by atoms with Crippen molar-refractivity contribution in [2.24, 2.45) is 0 Å². The number of amides is 1. The first-order valence-electron chi connectivity index (χ1n) is 8.22. The summed E-state index contributed by atoms with van der Waals surface area (Å²) < 4.78 is 5.36. The van der Waals surface area contributed by atoms with Crippen molar-refractivity contribution in [1.29, 1.82) is 5.26 Å². The number of benzene rings is 3. The fraction of sp³-hybridized carbons (Fsp3) is 0.143. The fourth-order valence-electron chi connectivity index (χ4n) is 2.57. The number of ether oxygens (including phenoxy) is 1. The Kier molecular flexibility index (Phi) is 5.47. The highest BCUT2D eigenvalue weighted by Crippen LogP contribution is 2.20. The Balaban J connectivity index is 1.50. The van der Waals surface area contributed by atoms with Crippen molar-refractivity contribution >= 4 is 16.7 Å². The minimum absolute atomic E-state index is 0.105. The number of aliphatic hydroxyl groups excluding tert-OH is 1. The van der Waals surface area contributed by atoms with E-state index in [1.54, 1.807) is 24.3 Å². The number of hydrogen-bond acceptors (Lipinski definition) is 4. The predicted octanol–water partition coefficient (Wildman–Crippen LogP) is 2.94. The summed E-state index contributed by atoms with van der Waals surface area (Å²) in [4.78, 5) is 11.9. The van der Waals surface area contributed by atoms with Gasteiger partial charge in [-0.15, -0.1) is 0 Å². The van der Waals surface area contributed by atoms with E-state index in [0.717, 1.165) is 16.3 Å². The van der Waals surface area contributed by atoms with E-state index in [-0.39, 0.29) is 19.1 Å². The first-order valence-corrected chi connectivity index (χ1v) is 8.22. The van der Waals surface area contributed by atoms with E-state index in [9.17, 15) is 9.90 Å². The fourth-order valence-corrected chi connectivity index (χ4v) is 2.57. The molecule has 0 bridgehead atoms. The van der Waals surface area contributed by atoms with E-state index in [4.69, 9.17) is 10.00 Å². The van der Waals surface area contributed by atoms with Crippen LogP contribution in [-0.2, 0) is 4.79 Å². The van der Waals surface area contributed by atoms with Crippen molar-refractivity contribution in [2.45, 2.75) is 6.10 Å². The first-order chi connectivity index (χ1) is 12.7. The molecule has 2 N–H and O–H groups in total. The van der Waals surface area contributed by atoms with Gasteiger partial charge in [0.2, 0.25) is 0 Å². The molecule has 1 atom stereocenters. The Morgan fingerprint density at radius 2 is 1.81 bits per heavy atom. The second-order valence-corrected chi connectivity index (χ2v) is 5.85. The van der Waals surface area contributed by atoms with Gasteiger partial charge in [-0.05, 0) is 46.7 Å². The molecule has 3 aromatic rings. The Hall–Kier alpha value is -3.36. The topological polar surface area (TPSA) is 82.3 Å². The van der Waals surface area contributed by atoms with E-state index in [0.29, 0.717) is 11.3 Å². The van der Waals surface area contributed by atoms with Crippen LogP contribution in [0.15, 0.2) is 66.7 Å². The summed E-state index contributed by atoms with van der Waals surface area (Å²) in [5.41, 5.74) is 1.28. The normalized spacial score (nSPS) is 11.5. The van der Waals surface area contributed by atoms with Gasteiger partial charge in [0, 0.05) is 6.54 Å². The lowest BCUT2D eigenvalue weighted by Crippen LogP contribution is -2.32. The van der Waals surface area contributed by atoms with Crippen LogP contribution < -0.4 is 10.1 Å². The number of carbonyl (C=O) groups excluding carboxylic acids is 1. The van der Waals surface area contributed by atoms with Crippen molar-refractivity contribution < 1.29 is 14.6 Å². The molecule has 0 aliphatic rings. The third-order valence-electron chi connectivity index (χ3n) is 4.00. The molecule has 0 aliphatic heterocycles. The first kappa shape index (κ1) is 17.5. The van der Waals surface area contributed by atoms with Gasteiger partial charge in [-0.3, -0.25) is 4.79 Å². The van der Waals surface area contributed by atoms with Gasteiger partial charge in [-0.2, -0.15) is 5.26 Å². The molecule has 0 heterocycles. The van der Waals surface area contributed by atoms with E-state index in [2.05, 4.69) is 5.32 Å². The summed E-state index contributed by atoms with van der Waals surface area (Å²) in [6, 6.07) is 22.1. The number of nitriles is 1. The molecule has 0 fully saturated rings. The molecular formula is C21H18N2O3. The number of carbonyl (C=O) groups is 1. The van der Waals surface area contributed by atoms with E-state index < -0.39 is 6.10 Å². The average molecular weight is 346 g/mol. The number of fused-ring (bicyclic) bond motifs is 1. The lowest BCUT2D eigenvalue weighted by molar-refractivity contribution is -0.123. The van der Waals surface area contributed by atoms with Crippen LogP contribution in [0, 0.1) is 11.3 Å². The van der Waals surface area contributed by atoms with Gasteiger partial charge in [0.1, 0.15) is 5.75 Å². The molecule has 0 spiro atoms. The zero-order valence-electron chi connectivity index (χ0n) is 14.1. The van der Waals surface area contributed by atoms with E-state index >= 15 is 0 Å². The molecule has 5 heteroatoms. The summed E-state index contributed by atoms with van der Waals surface area (Å²) in [6.07, 6.45) is -0.793. The van der Waals surface area contributed by atoms with Crippen molar-refractivity contribution in [3.63, 3.8) is 0 Å². The van der Waals surface area contributed by atoms with Crippen LogP contribution in [0.25, 0.3) is 10.8 Å². The van der Waals surface area contributed by atoms with Gasteiger partial charge >= 0.3 is 0 Å². The molecule has 3 aromatic carbocycles. The van der Waals surface area contributed by atoms with Crippen LogP contribution in [0.4, 0.5) is 0 Å². The highest BCUT2D eigenvalue weighted by Gasteiger charge is 2.10. The number of nitrogens with zero attached hydrogens (tertiary/aromatic N) is 1. The zero-order chi connectivity index (χ0) is 18.4. The average Bonchev–Trinajstić information content (AvgIpc) is 2.70. The maximum absolute atomic E-state index is 11.9. The standard InChI is InChI=1S/C21H18N2O3/c22-12-15-5-9-19(10-6-15)26-14-21(25)23-13-20(24)18-8-7-16-3-1-2-4-17(16)11-18/h1-11,20,24H,13-14H2,(H,23,25)/t20-/m1/s1. The molecule has 3 rings (SSSR count). The maximum atomic E-state index is 11.9. The summed E-state index contributed by atoms with van der Waals surface area (Å²) >= 11 is 0. The largest absolute Gasteiger partial charge is 0.484 e. The minimum Gasteiger partial charge on any atom is -0.484 e. The Labute approximate surface area is 151 Å². The van der Waals surface area contributed by atoms with Crippen LogP contribution in [0.3, 0.4) is 0 Å². The van der Waals surface area contributed by atoms with E-state index in [1.165, 1.54) is 0 Å². The van der Waals surface area contributed by atoms with Crippen molar-refractivity contribution in [1.82, 2.24) is 5.32 Å². The van der Waals surface area contributed by atoms with Crippen LogP contribution >= 0.6 is 0 Å². The third kappa shape index (κ3) is 4.38. The smallest absolute Gasteiger partial charge is 0.258 e. The monoisotopic (exact) mass is 346 g/mol. The molecule has 0 saturated heterocycles. The molecule has 0 aliphatic carbocycles. The van der Waals surface area contributed by atoms with Crippen LogP contribution in [0.1, 0.15) is 17.2 Å². The Morgan fingerprint density at radius 1 is 1.08 bits per heavy atom. The summed E-state index contributed by atoms with van der Waals surface area (Å²) in [5.74, 6) is 0.184. The Morgan fingerprint density at radius 3 is 2.54 bits per heavy atom. The number of hydrogen-bond donors (Lipinski definition) is 2. The van der Waals surface area contributed by atoms with Crippen LogP contribution in [0.5, 0.6) is 5.75 Å². The predicted molar refractivity (Wildman–Crippen MR) is 98.6 cm³/mol. The van der Waals surface area contributed by atoms with Gasteiger partial charge < -0.3 is 15.2 Å². The highest BCUT2D eigenvalue weighted by molar-refractivity contribution is 5.83. The second-order valence-electron chi connectivity index (χ2n) is 5.85. The van der Waals surface area contributed by atoms with Gasteiger partial charge in [0.05, 0.1) is 17.7 Å². The maximum Gasteiger partial charge on any atom is 0.258 e. The van der Waals surface area contributed by atoms with Crippen molar-refractivity contribution in [2.75, 3.05) is 13.2 Å². The third-order valence-corrected chi connectivity index (χ3v) is 4.00. The summed E-state index contributed by atoms with van der Waals surface area (Å²) in [5, 5.41) is 23.8. The molecule has 0 aromatic heterocycles. The van der Waals surface area contributed by atoms with Gasteiger partial charge in [-0.25, -0.2) is 0 Å². The number of aliphatic hydroxyl groups is 1. The molecule has 26 heavy (non-hydrogen) atoms. The van der Waals surface area contributed by atoms with Crippen LogP contribution in [0.2, 0.25) is 0 Å². The van der Waals surface area contributed by atoms with E-state index in [1.807, 2.05) is 48.5 Å². The molecule has 0 radical (unpaired) electrons. The molecule has 0 unspecified atom stereocenters. The molecule has 130 valence electrons. The zero-order valence-corrected chi connectivity index (χ0v) is 14.1. The molecule has 0 saturated carbocycles. The number of rotatable bonds is 6. The quantitative estimate of drug-likeness (QED) is 0.719. The minimum atomic E-state index is -0.793. The second kappa shape index (κ2) is 8.15. The number of nitrogens with one attached hydrogen (secondary N) is 1. The summed E-state index contributed by atoms with van der Waals surface area (Å²) in [7, 11) is 0. The van der Waals surface area contributed by atoms with Crippen LogP contribution in [-0.4, -0.2) is 24.2 Å². The molecule has 1 amide bonds. The van der Waals surface area contributed by atoms with Crippen molar-refractivity contribution in [3.05, 3.63) is 77.9 Å². The SMILES string of the molecule is N#Cc1ccc(OCC(=O)NC[C@@H](O)c2ccc3ccccc3c2)cc1. The lowest BCUT2D eigenvalue weighted by atomic mass is 10.0. The molecular weight excluding hydrogens is 328 g/mol. The van der Waals surface area contributed by atoms with Crippen molar-refractivity contribution in [3.8, 4) is 11.8 Å². The Bertz CT molecular complexity index is 945.